The van der Waals surface area contributed by atoms with Gasteiger partial charge >= 0.3 is 0 Å². The second-order valence-electron chi connectivity index (χ2n) is 10.4. The molecule has 1 aliphatic carbocycles. The fourth-order valence-corrected chi connectivity index (χ4v) is 5.36. The molecule has 0 fully saturated rings. The molecule has 1 unspecified atom stereocenters. The second kappa shape index (κ2) is 9.89. The van der Waals surface area contributed by atoms with Crippen LogP contribution in [0.3, 0.4) is 0 Å². The first-order valence-electron chi connectivity index (χ1n) is 12.6. The van der Waals surface area contributed by atoms with Gasteiger partial charge in [0, 0.05) is 28.8 Å². The third-order valence-electron chi connectivity index (χ3n) is 7.13. The van der Waals surface area contributed by atoms with Crippen LogP contribution in [-0.2, 0) is 4.79 Å². The number of carbonyl (C=O) groups excluding carboxylic acids is 2. The van der Waals surface area contributed by atoms with Crippen LogP contribution in [0.2, 0.25) is 0 Å². The SMILES string of the molecule is COc1cc(C2Nc3ccc(C(=O)c4ccccc4)cc3NC3=C2C(=O)CC(C)(C)C3)cc(OC)c1OC. The lowest BCUT2D eigenvalue weighted by atomic mass is 9.73. The van der Waals surface area contributed by atoms with Crippen LogP contribution in [0.1, 0.15) is 54.2 Å². The number of hydrogen-bond acceptors (Lipinski definition) is 7. The van der Waals surface area contributed by atoms with Crippen molar-refractivity contribution in [3.05, 3.63) is 88.6 Å². The smallest absolute Gasteiger partial charge is 0.203 e. The summed E-state index contributed by atoms with van der Waals surface area (Å²) in [5, 5.41) is 7.10. The minimum Gasteiger partial charge on any atom is -0.493 e. The Hall–Kier alpha value is -4.26. The Morgan fingerprint density at radius 3 is 2.16 bits per heavy atom. The minimum absolute atomic E-state index is 0.0603. The molecule has 2 N–H and O–H groups in total. The van der Waals surface area contributed by atoms with Crippen LogP contribution >= 0.6 is 0 Å². The number of methoxy groups -OCH3 is 3. The van der Waals surface area contributed by atoms with E-state index in [2.05, 4.69) is 24.5 Å². The van der Waals surface area contributed by atoms with Gasteiger partial charge in [-0.2, -0.15) is 0 Å². The summed E-state index contributed by atoms with van der Waals surface area (Å²) in [6.07, 6.45) is 1.12. The predicted octanol–water partition coefficient (Wildman–Crippen LogP) is 6.17. The van der Waals surface area contributed by atoms with E-state index in [0.717, 1.165) is 22.6 Å². The molecule has 0 bridgehead atoms. The van der Waals surface area contributed by atoms with Gasteiger partial charge < -0.3 is 24.8 Å². The molecule has 0 saturated carbocycles. The number of rotatable bonds is 6. The molecule has 1 heterocycles. The van der Waals surface area contributed by atoms with Gasteiger partial charge in [-0.3, -0.25) is 9.59 Å². The first-order valence-corrected chi connectivity index (χ1v) is 12.6. The number of Topliss-reactive ketones (excluding diaryl/α,β-unsaturated/α-hetero) is 1. The van der Waals surface area contributed by atoms with Gasteiger partial charge in [0.25, 0.3) is 0 Å². The van der Waals surface area contributed by atoms with E-state index in [1.54, 1.807) is 21.3 Å². The molecule has 5 rings (SSSR count). The zero-order valence-electron chi connectivity index (χ0n) is 22.3. The molecule has 3 aromatic rings. The van der Waals surface area contributed by atoms with E-state index in [4.69, 9.17) is 14.2 Å². The van der Waals surface area contributed by atoms with Crippen molar-refractivity contribution in [3.8, 4) is 17.2 Å². The summed E-state index contributed by atoms with van der Waals surface area (Å²) in [6.45, 7) is 4.19. The number of carbonyl (C=O) groups is 2. The molecule has 0 saturated heterocycles. The number of hydrogen-bond donors (Lipinski definition) is 2. The fourth-order valence-electron chi connectivity index (χ4n) is 5.36. The summed E-state index contributed by atoms with van der Waals surface area (Å²) in [7, 11) is 4.71. The van der Waals surface area contributed by atoms with E-state index >= 15 is 0 Å². The largest absolute Gasteiger partial charge is 0.493 e. The first-order chi connectivity index (χ1) is 18.2. The summed E-state index contributed by atoms with van der Waals surface area (Å²) in [4.78, 5) is 26.8. The van der Waals surface area contributed by atoms with Crippen molar-refractivity contribution in [2.45, 2.75) is 32.7 Å². The molecule has 0 spiro atoms. The summed E-state index contributed by atoms with van der Waals surface area (Å²) in [5.74, 6) is 1.52. The normalized spacial score (nSPS) is 17.8. The van der Waals surface area contributed by atoms with Crippen LogP contribution in [0, 0.1) is 5.41 Å². The first kappa shape index (κ1) is 25.4. The molecule has 0 amide bonds. The van der Waals surface area contributed by atoms with Crippen LogP contribution in [-0.4, -0.2) is 32.9 Å². The molecule has 1 aliphatic heterocycles. The predicted molar refractivity (Wildman–Crippen MR) is 147 cm³/mol. The van der Waals surface area contributed by atoms with Crippen LogP contribution in [0.5, 0.6) is 17.2 Å². The summed E-state index contributed by atoms with van der Waals surface area (Å²) >= 11 is 0. The van der Waals surface area contributed by atoms with Crippen molar-refractivity contribution in [1.29, 1.82) is 0 Å². The molecular weight excluding hydrogens is 480 g/mol. The van der Waals surface area contributed by atoms with E-state index in [-0.39, 0.29) is 17.0 Å². The monoisotopic (exact) mass is 512 g/mol. The Balaban J connectivity index is 1.65. The van der Waals surface area contributed by atoms with E-state index in [1.165, 1.54) is 0 Å². The number of ketones is 2. The Labute approximate surface area is 222 Å². The van der Waals surface area contributed by atoms with E-state index < -0.39 is 6.04 Å². The number of ether oxygens (including phenoxy) is 3. The molecule has 7 heteroatoms. The van der Waals surface area contributed by atoms with E-state index in [1.807, 2.05) is 60.7 Å². The van der Waals surface area contributed by atoms with Gasteiger partial charge in [-0.25, -0.2) is 0 Å². The Bertz CT molecular complexity index is 1420. The van der Waals surface area contributed by atoms with Crippen LogP contribution in [0.25, 0.3) is 0 Å². The Morgan fingerprint density at radius 2 is 1.53 bits per heavy atom. The van der Waals surface area contributed by atoms with Crippen LogP contribution in [0.4, 0.5) is 11.4 Å². The maximum Gasteiger partial charge on any atom is 0.203 e. The zero-order valence-corrected chi connectivity index (χ0v) is 22.3. The van der Waals surface area contributed by atoms with Gasteiger partial charge in [0.05, 0.1) is 38.7 Å². The van der Waals surface area contributed by atoms with Gasteiger partial charge in [-0.05, 0) is 47.7 Å². The van der Waals surface area contributed by atoms with Crippen molar-refractivity contribution >= 4 is 22.9 Å². The number of anilines is 2. The molecule has 3 aromatic carbocycles. The average Bonchev–Trinajstić information content (AvgIpc) is 3.07. The fraction of sp³-hybridized carbons (Fsp3) is 0.290. The number of nitrogens with one attached hydrogen (secondary N) is 2. The summed E-state index contributed by atoms with van der Waals surface area (Å²) < 4.78 is 16.7. The average molecular weight is 513 g/mol. The van der Waals surface area contributed by atoms with E-state index in [0.29, 0.717) is 46.8 Å². The van der Waals surface area contributed by atoms with Gasteiger partial charge in [-0.1, -0.05) is 44.2 Å². The highest BCUT2D eigenvalue weighted by molar-refractivity contribution is 6.10. The Kier molecular flexibility index (Phi) is 6.61. The summed E-state index contributed by atoms with van der Waals surface area (Å²) in [5.41, 5.74) is 4.85. The lowest BCUT2D eigenvalue weighted by Crippen LogP contribution is -2.31. The molecular formula is C31H32N2O5. The number of benzene rings is 3. The highest BCUT2D eigenvalue weighted by Gasteiger charge is 2.39. The highest BCUT2D eigenvalue weighted by Crippen LogP contribution is 2.48. The lowest BCUT2D eigenvalue weighted by Gasteiger charge is -2.34. The van der Waals surface area contributed by atoms with Gasteiger partial charge in [-0.15, -0.1) is 0 Å². The Morgan fingerprint density at radius 1 is 0.842 bits per heavy atom. The van der Waals surface area contributed by atoms with Crippen LogP contribution < -0.4 is 24.8 Å². The molecule has 38 heavy (non-hydrogen) atoms. The maximum absolute atomic E-state index is 13.6. The topological polar surface area (TPSA) is 85.9 Å². The standard InChI is InChI=1S/C31H32N2O5/c1-31(2)16-23-27(24(34)17-31)28(20-14-25(36-3)30(38-5)26(15-20)37-4)33-21-12-11-19(13-22(21)32-23)29(35)18-9-7-6-8-10-18/h6-15,28,32-33H,16-17H2,1-5H3. The summed E-state index contributed by atoms with van der Waals surface area (Å²) in [6, 6.07) is 18.0. The molecule has 0 aromatic heterocycles. The maximum atomic E-state index is 13.6. The van der Waals surface area contributed by atoms with Crippen LogP contribution in [0.15, 0.2) is 71.9 Å². The van der Waals surface area contributed by atoms with Crippen molar-refractivity contribution in [1.82, 2.24) is 0 Å². The molecule has 7 nitrogen and oxygen atoms in total. The molecule has 2 aliphatic rings. The quantitative estimate of drug-likeness (QED) is 0.382. The molecule has 1 atom stereocenters. The number of fused-ring (bicyclic) bond motifs is 1. The number of allylic oxidation sites excluding steroid dienone is 1. The van der Waals surface area contributed by atoms with Crippen molar-refractivity contribution in [3.63, 3.8) is 0 Å². The zero-order chi connectivity index (χ0) is 27.0. The van der Waals surface area contributed by atoms with E-state index in [9.17, 15) is 9.59 Å². The highest BCUT2D eigenvalue weighted by atomic mass is 16.5. The second-order valence-corrected chi connectivity index (χ2v) is 10.4. The third kappa shape index (κ3) is 4.60. The molecule has 0 radical (unpaired) electrons. The van der Waals surface area contributed by atoms with Gasteiger partial charge in [0.15, 0.2) is 23.1 Å². The van der Waals surface area contributed by atoms with Crippen molar-refractivity contribution < 1.29 is 23.8 Å². The van der Waals surface area contributed by atoms with Gasteiger partial charge in [0.1, 0.15) is 0 Å². The van der Waals surface area contributed by atoms with Gasteiger partial charge in [0.2, 0.25) is 5.75 Å². The lowest BCUT2D eigenvalue weighted by molar-refractivity contribution is -0.118. The minimum atomic E-state index is -0.466. The van der Waals surface area contributed by atoms with Crippen molar-refractivity contribution in [2.75, 3.05) is 32.0 Å². The third-order valence-corrected chi connectivity index (χ3v) is 7.13. The molecule has 196 valence electrons. The van der Waals surface area contributed by atoms with Crippen molar-refractivity contribution in [2.24, 2.45) is 5.41 Å².